The van der Waals surface area contributed by atoms with Crippen molar-refractivity contribution >= 4 is 57.1 Å². The number of hydrogen-bond donors (Lipinski definition) is 0. The van der Waals surface area contributed by atoms with Crippen LogP contribution in [0.25, 0.3) is 0 Å². The maximum absolute atomic E-state index is 0. The van der Waals surface area contributed by atoms with Crippen LogP contribution in [-0.4, -0.2) is 57.1 Å². The molecule has 0 heterocycles. The minimum atomic E-state index is 0. The number of rotatable bonds is 0. The molecule has 0 amide bonds. The van der Waals surface area contributed by atoms with Gasteiger partial charge in [0.15, 0.2) is 0 Å². The minimum Gasteiger partial charge on any atom is -1.00 e. The summed E-state index contributed by atoms with van der Waals surface area (Å²) in [4.78, 5) is 0. The van der Waals surface area contributed by atoms with Gasteiger partial charge in [0.2, 0.25) is 0 Å². The molecule has 0 N–H and O–H groups in total. The smallest absolute Gasteiger partial charge is 1.00 e. The summed E-state index contributed by atoms with van der Waals surface area (Å²) in [7, 11) is 0. The summed E-state index contributed by atoms with van der Waals surface area (Å²) in [5, 5.41) is 0. The fourth-order valence-corrected chi connectivity index (χ4v) is 0. The summed E-state index contributed by atoms with van der Waals surface area (Å²) in [5.41, 5.74) is 0. The molecule has 0 aromatic rings. The van der Waals surface area contributed by atoms with Crippen LogP contribution >= 0.6 is 0 Å². The molecule has 19 valence electrons. The van der Waals surface area contributed by atoms with Crippen LogP contribution < -0.4 is 0 Å². The van der Waals surface area contributed by atoms with Gasteiger partial charge in [0.25, 0.3) is 0 Å². The first-order valence-electron chi connectivity index (χ1n) is 0. The average Bonchev–Trinajstić information content (AvgIpc) is 0. The van der Waals surface area contributed by atoms with Crippen molar-refractivity contribution in [3.05, 3.63) is 0 Å². The van der Waals surface area contributed by atoms with Gasteiger partial charge in [-0.05, 0) is 11.0 Å². The molecule has 0 aliphatic heterocycles. The molecule has 3 radical (unpaired) electrons. The Kier molecular flexibility index (Phi) is 159. The van der Waals surface area contributed by atoms with Gasteiger partial charge in [0, 0.05) is 30.1 Å². The molecule has 0 rings (SSSR count). The number of hydrogen-bond acceptors (Lipinski definition) is 0. The second-order valence-corrected chi connectivity index (χ2v) is 0. The molecule has 4 heteroatoms. The summed E-state index contributed by atoms with van der Waals surface area (Å²) in [6.07, 6.45) is 0. The van der Waals surface area contributed by atoms with Crippen LogP contribution in [0.15, 0.2) is 0 Å². The van der Waals surface area contributed by atoms with Crippen molar-refractivity contribution < 1.29 is 24.6 Å². The Morgan fingerprint density at radius 3 is 1.25 bits per heavy atom. The Balaban J connectivity index is 0. The Morgan fingerprint density at radius 1 is 1.25 bits per heavy atom. The zero-order valence-electron chi connectivity index (χ0n) is 3.78. The van der Waals surface area contributed by atoms with Crippen LogP contribution in [0.5, 0.6) is 0 Å². The molecule has 0 bridgehead atoms. The van der Waals surface area contributed by atoms with Gasteiger partial charge in [-0.2, -0.15) is 0 Å². The van der Waals surface area contributed by atoms with Gasteiger partial charge in [0.1, 0.15) is 0 Å². The summed E-state index contributed by atoms with van der Waals surface area (Å²) >= 11 is 0. The molecular weight excluding hydrogens is 127 g/mol. The Morgan fingerprint density at radius 2 is 1.25 bits per heavy atom. The largest absolute Gasteiger partial charge is 2.00 e. The second kappa shape index (κ2) is 18.7. The second-order valence-electron chi connectivity index (χ2n) is 0. The van der Waals surface area contributed by atoms with Gasteiger partial charge in [-0.3, -0.25) is 0 Å². The van der Waals surface area contributed by atoms with Crippen molar-refractivity contribution in [3.63, 3.8) is 0 Å². The van der Waals surface area contributed by atoms with Crippen molar-refractivity contribution in [2.45, 2.75) is 0 Å². The monoisotopic (exact) mass is 133 g/mol. The van der Waals surface area contributed by atoms with Crippen molar-refractivity contribution in [2.24, 2.45) is 0 Å². The zero-order chi connectivity index (χ0) is 0. The van der Waals surface area contributed by atoms with Crippen LogP contribution in [0, 0.1) is 0 Å². The normalized spacial score (nSPS) is 0. The topological polar surface area (TPSA) is 0 Å². The van der Waals surface area contributed by atoms with Gasteiger partial charge in [-0.25, -0.2) is 0 Å². The summed E-state index contributed by atoms with van der Waals surface area (Å²) in [5.74, 6) is 0. The van der Waals surface area contributed by atoms with E-state index in [4.69, 9.17) is 0 Å². The molecular formula is H6BCaSiTi. The fraction of sp³-hybridized carbons (Fsp3) is 0. The molecule has 0 atom stereocenters. The third kappa shape index (κ3) is 8.87. The van der Waals surface area contributed by atoms with E-state index in [0.29, 0.717) is 0 Å². The molecule has 0 fully saturated rings. The maximum atomic E-state index is 0. The first-order valence-corrected chi connectivity index (χ1v) is 0. The van der Waals surface area contributed by atoms with E-state index in [2.05, 4.69) is 0 Å². The molecule has 0 aromatic heterocycles. The standard InChI is InChI=1S/B.Ca.H4Si.Ti.2H/h;;1H4;;;/q;+2;;;2*-1. The van der Waals surface area contributed by atoms with Crippen LogP contribution in [0.3, 0.4) is 0 Å². The molecule has 0 spiro atoms. The third-order valence-electron chi connectivity index (χ3n) is 0. The van der Waals surface area contributed by atoms with Gasteiger partial charge < -0.3 is 2.85 Å². The summed E-state index contributed by atoms with van der Waals surface area (Å²) in [6, 6.07) is 0. The quantitative estimate of drug-likeness (QED) is 0.335. The predicted molar refractivity (Wildman–Crippen MR) is 25.1 cm³/mol. The van der Waals surface area contributed by atoms with Crippen LogP contribution in [-0.2, 0) is 21.7 Å². The summed E-state index contributed by atoms with van der Waals surface area (Å²) < 4.78 is 0. The van der Waals surface area contributed by atoms with Crippen LogP contribution in [0.2, 0.25) is 0 Å². The molecule has 0 saturated heterocycles. The Bertz CT molecular complexity index is 13.5. The maximum Gasteiger partial charge on any atom is 2.00 e. The summed E-state index contributed by atoms with van der Waals surface area (Å²) in [6.45, 7) is 0. The van der Waals surface area contributed by atoms with Gasteiger partial charge >= 0.3 is 37.7 Å². The molecule has 0 aliphatic rings. The Hall–Kier alpha value is 2.26. The first kappa shape index (κ1) is 34.0. The van der Waals surface area contributed by atoms with E-state index in [1.54, 1.807) is 0 Å². The van der Waals surface area contributed by atoms with Crippen molar-refractivity contribution in [1.29, 1.82) is 0 Å². The van der Waals surface area contributed by atoms with Gasteiger partial charge in [-0.1, -0.05) is 0 Å². The molecule has 0 aromatic carbocycles. The van der Waals surface area contributed by atoms with Crippen LogP contribution in [0.4, 0.5) is 0 Å². The van der Waals surface area contributed by atoms with E-state index < -0.39 is 0 Å². The van der Waals surface area contributed by atoms with E-state index in [-0.39, 0.29) is 81.7 Å². The van der Waals surface area contributed by atoms with Gasteiger partial charge in [0.05, 0.1) is 0 Å². The van der Waals surface area contributed by atoms with E-state index in [0.717, 1.165) is 0 Å². The predicted octanol–water partition coefficient (Wildman–Crippen LogP) is -1.99. The average molecular weight is 133 g/mol. The molecule has 0 saturated carbocycles. The molecule has 0 aliphatic carbocycles. The third-order valence-corrected chi connectivity index (χ3v) is 0. The molecule has 0 unspecified atom stereocenters. The fourth-order valence-electron chi connectivity index (χ4n) is 0. The van der Waals surface area contributed by atoms with E-state index in [1.807, 2.05) is 0 Å². The van der Waals surface area contributed by atoms with Crippen molar-refractivity contribution in [2.75, 3.05) is 0 Å². The van der Waals surface area contributed by atoms with Crippen LogP contribution in [0.1, 0.15) is 2.85 Å². The molecule has 0 nitrogen and oxygen atoms in total. The zero-order valence-corrected chi connectivity index (χ0v) is 5.55. The minimum absolute atomic E-state index is 0. The van der Waals surface area contributed by atoms with E-state index >= 15 is 0 Å². The SMILES string of the molecule is [B].[Ca+2].[H-].[H-].[SiH4].[Ti]. The molecule has 4 heavy (non-hydrogen) atoms. The van der Waals surface area contributed by atoms with E-state index in [1.165, 1.54) is 0 Å². The van der Waals surface area contributed by atoms with Gasteiger partial charge in [-0.15, -0.1) is 0 Å². The van der Waals surface area contributed by atoms with Crippen molar-refractivity contribution in [3.8, 4) is 0 Å². The first-order chi connectivity index (χ1) is 0. The van der Waals surface area contributed by atoms with E-state index in [9.17, 15) is 0 Å². The Labute approximate surface area is 80.6 Å². The van der Waals surface area contributed by atoms with Crippen molar-refractivity contribution in [1.82, 2.24) is 0 Å².